The first-order chi connectivity index (χ1) is 9.43. The first-order valence-electron chi connectivity index (χ1n) is 5.88. The van der Waals surface area contributed by atoms with Crippen molar-refractivity contribution in [2.24, 2.45) is 0 Å². The van der Waals surface area contributed by atoms with Gasteiger partial charge >= 0.3 is 6.18 Å². The summed E-state index contributed by atoms with van der Waals surface area (Å²) in [7, 11) is 1.56. The van der Waals surface area contributed by atoms with E-state index in [4.69, 9.17) is 0 Å². The minimum atomic E-state index is -4.52. The van der Waals surface area contributed by atoms with Gasteiger partial charge in [-0.05, 0) is 30.3 Å². The zero-order chi connectivity index (χ0) is 14.8. The molecule has 0 N–H and O–H groups in total. The van der Waals surface area contributed by atoms with Crippen LogP contribution in [0.1, 0.15) is 15.9 Å². The van der Waals surface area contributed by atoms with Crippen molar-refractivity contribution >= 4 is 17.7 Å². The van der Waals surface area contributed by atoms with Crippen LogP contribution in [0, 0.1) is 0 Å². The Morgan fingerprint density at radius 3 is 2.25 bits per heavy atom. The van der Waals surface area contributed by atoms with E-state index in [0.717, 1.165) is 6.07 Å². The predicted octanol–water partition coefficient (Wildman–Crippen LogP) is 4.29. The third kappa shape index (κ3) is 2.82. The van der Waals surface area contributed by atoms with E-state index in [1.54, 1.807) is 37.4 Å². The first kappa shape index (κ1) is 14.1. The molecule has 2 aromatic rings. The lowest BCUT2D eigenvalue weighted by molar-refractivity contribution is -0.137. The number of carbonyl (C=O) groups is 1. The first-order valence-corrected chi connectivity index (χ1v) is 5.88. The van der Waals surface area contributed by atoms with Crippen LogP contribution in [-0.4, -0.2) is 13.3 Å². The van der Waals surface area contributed by atoms with Gasteiger partial charge in [0.1, 0.15) is 6.29 Å². The Hall–Kier alpha value is -2.30. The topological polar surface area (TPSA) is 20.3 Å². The molecule has 2 nitrogen and oxygen atoms in total. The van der Waals surface area contributed by atoms with E-state index < -0.39 is 11.7 Å². The van der Waals surface area contributed by atoms with E-state index in [-0.39, 0.29) is 11.3 Å². The summed E-state index contributed by atoms with van der Waals surface area (Å²) in [6.45, 7) is 0. The molecule has 0 bridgehead atoms. The molecule has 0 aliphatic heterocycles. The summed E-state index contributed by atoms with van der Waals surface area (Å²) >= 11 is 0. The van der Waals surface area contributed by atoms with E-state index in [1.807, 2.05) is 0 Å². The molecular formula is C15H12F3NO. The maximum absolute atomic E-state index is 13.1. The molecule has 5 heteroatoms. The van der Waals surface area contributed by atoms with Gasteiger partial charge in [-0.3, -0.25) is 4.79 Å². The molecule has 2 rings (SSSR count). The summed E-state index contributed by atoms with van der Waals surface area (Å²) < 4.78 is 39.3. The van der Waals surface area contributed by atoms with Crippen LogP contribution in [-0.2, 0) is 6.18 Å². The molecule has 0 radical (unpaired) electrons. The van der Waals surface area contributed by atoms with Gasteiger partial charge in [-0.2, -0.15) is 13.2 Å². The number of hydrogen-bond donors (Lipinski definition) is 0. The van der Waals surface area contributed by atoms with Crippen molar-refractivity contribution in [1.29, 1.82) is 0 Å². The van der Waals surface area contributed by atoms with E-state index in [1.165, 1.54) is 17.0 Å². The number of aldehydes is 1. The highest BCUT2D eigenvalue weighted by Crippen LogP contribution is 2.38. The van der Waals surface area contributed by atoms with Gasteiger partial charge in [-0.25, -0.2) is 0 Å². The summed E-state index contributed by atoms with van der Waals surface area (Å²) in [5.74, 6) is 0. The lowest BCUT2D eigenvalue weighted by Gasteiger charge is -2.23. The van der Waals surface area contributed by atoms with E-state index in [2.05, 4.69) is 0 Å². The molecular weight excluding hydrogens is 267 g/mol. The van der Waals surface area contributed by atoms with Crippen LogP contribution in [0.15, 0.2) is 48.5 Å². The number of rotatable bonds is 3. The van der Waals surface area contributed by atoms with Crippen molar-refractivity contribution in [3.63, 3.8) is 0 Å². The maximum atomic E-state index is 13.1. The number of alkyl halides is 3. The fourth-order valence-electron chi connectivity index (χ4n) is 1.94. The minimum Gasteiger partial charge on any atom is -0.344 e. The molecule has 0 fully saturated rings. The Kier molecular flexibility index (Phi) is 3.79. The largest absolute Gasteiger partial charge is 0.418 e. The third-order valence-electron chi connectivity index (χ3n) is 2.97. The van der Waals surface area contributed by atoms with Gasteiger partial charge in [-0.15, -0.1) is 0 Å². The number of carbonyl (C=O) groups excluding carboxylic acids is 1. The van der Waals surface area contributed by atoms with E-state index >= 15 is 0 Å². The number of halogens is 3. The second-order valence-electron chi connectivity index (χ2n) is 4.29. The Morgan fingerprint density at radius 1 is 1.05 bits per heavy atom. The number of benzene rings is 2. The van der Waals surface area contributed by atoms with Crippen molar-refractivity contribution in [3.05, 3.63) is 59.7 Å². The van der Waals surface area contributed by atoms with Gasteiger partial charge in [0, 0.05) is 18.3 Å². The summed E-state index contributed by atoms with van der Waals surface area (Å²) in [5, 5.41) is 0. The smallest absolute Gasteiger partial charge is 0.344 e. The van der Waals surface area contributed by atoms with Crippen LogP contribution in [0.2, 0.25) is 0 Å². The van der Waals surface area contributed by atoms with Crippen molar-refractivity contribution in [3.8, 4) is 0 Å². The third-order valence-corrected chi connectivity index (χ3v) is 2.97. The lowest BCUT2D eigenvalue weighted by atomic mass is 10.1. The van der Waals surface area contributed by atoms with Crippen LogP contribution < -0.4 is 4.90 Å². The summed E-state index contributed by atoms with van der Waals surface area (Å²) in [6, 6.07) is 12.3. The highest BCUT2D eigenvalue weighted by molar-refractivity contribution is 5.78. The quantitative estimate of drug-likeness (QED) is 0.781. The maximum Gasteiger partial charge on any atom is 0.418 e. The van der Waals surface area contributed by atoms with Gasteiger partial charge in [-0.1, -0.05) is 18.2 Å². The van der Waals surface area contributed by atoms with Gasteiger partial charge in [0.25, 0.3) is 0 Å². The van der Waals surface area contributed by atoms with Crippen LogP contribution in [0.25, 0.3) is 0 Å². The second-order valence-corrected chi connectivity index (χ2v) is 4.29. The molecule has 0 aliphatic carbocycles. The molecule has 20 heavy (non-hydrogen) atoms. The number of para-hydroxylation sites is 1. The molecule has 0 saturated heterocycles. The lowest BCUT2D eigenvalue weighted by Crippen LogP contribution is -2.17. The molecule has 0 saturated carbocycles. The Balaban J connectivity index is 2.54. The Morgan fingerprint density at radius 2 is 1.70 bits per heavy atom. The number of nitrogens with zero attached hydrogens (tertiary/aromatic N) is 1. The van der Waals surface area contributed by atoms with Crippen LogP contribution >= 0.6 is 0 Å². The van der Waals surface area contributed by atoms with Crippen LogP contribution in [0.3, 0.4) is 0 Å². The normalized spacial score (nSPS) is 11.2. The highest BCUT2D eigenvalue weighted by Gasteiger charge is 2.34. The average molecular weight is 279 g/mol. The monoisotopic (exact) mass is 279 g/mol. The minimum absolute atomic E-state index is 0.00235. The molecule has 0 unspecified atom stereocenters. The molecule has 0 aliphatic rings. The highest BCUT2D eigenvalue weighted by atomic mass is 19.4. The Labute approximate surface area is 114 Å². The SMILES string of the molecule is CN(c1ccccc1)c1ccc(C=O)cc1C(F)(F)F. The standard InChI is InChI=1S/C15H12F3NO/c1-19(12-5-3-2-4-6-12)14-8-7-11(10-20)9-13(14)15(16,17)18/h2-10H,1H3. The number of anilines is 2. The van der Waals surface area contributed by atoms with Crippen LogP contribution in [0.4, 0.5) is 24.5 Å². The van der Waals surface area contributed by atoms with Gasteiger partial charge in [0.05, 0.1) is 11.3 Å². The van der Waals surface area contributed by atoms with E-state index in [0.29, 0.717) is 12.0 Å². The summed E-state index contributed by atoms with van der Waals surface area (Å²) in [6.07, 6.45) is -4.11. The molecule has 0 amide bonds. The fraction of sp³-hybridized carbons (Fsp3) is 0.133. The predicted molar refractivity (Wildman–Crippen MR) is 71.3 cm³/mol. The summed E-state index contributed by atoms with van der Waals surface area (Å²) in [5.41, 5.74) is -0.179. The van der Waals surface area contributed by atoms with Crippen molar-refractivity contribution in [2.45, 2.75) is 6.18 Å². The zero-order valence-corrected chi connectivity index (χ0v) is 10.7. The number of hydrogen-bond acceptors (Lipinski definition) is 2. The molecule has 0 spiro atoms. The molecule has 104 valence electrons. The van der Waals surface area contributed by atoms with Crippen molar-refractivity contribution < 1.29 is 18.0 Å². The van der Waals surface area contributed by atoms with Gasteiger partial charge in [0.2, 0.25) is 0 Å². The molecule has 2 aromatic carbocycles. The van der Waals surface area contributed by atoms with Crippen molar-refractivity contribution in [2.75, 3.05) is 11.9 Å². The van der Waals surface area contributed by atoms with Gasteiger partial charge < -0.3 is 4.90 Å². The average Bonchev–Trinajstić information content (AvgIpc) is 2.46. The molecule has 0 aromatic heterocycles. The zero-order valence-electron chi connectivity index (χ0n) is 10.7. The Bertz CT molecular complexity index is 608. The second kappa shape index (κ2) is 5.36. The fourth-order valence-corrected chi connectivity index (χ4v) is 1.94. The van der Waals surface area contributed by atoms with Crippen molar-refractivity contribution in [1.82, 2.24) is 0 Å². The summed E-state index contributed by atoms with van der Waals surface area (Å²) in [4.78, 5) is 12.1. The van der Waals surface area contributed by atoms with E-state index in [9.17, 15) is 18.0 Å². The molecule has 0 heterocycles. The van der Waals surface area contributed by atoms with Crippen LogP contribution in [0.5, 0.6) is 0 Å². The van der Waals surface area contributed by atoms with Gasteiger partial charge in [0.15, 0.2) is 0 Å². The molecule has 0 atom stereocenters.